The molecule has 0 bridgehead atoms. The molecule has 1 heterocycles. The van der Waals surface area contributed by atoms with Gasteiger partial charge in [-0.15, -0.1) is 0 Å². The minimum absolute atomic E-state index is 0.173. The van der Waals surface area contributed by atoms with Crippen molar-refractivity contribution in [3.8, 4) is 0 Å². The van der Waals surface area contributed by atoms with Crippen LogP contribution in [0.25, 0.3) is 17.0 Å². The third-order valence-electron chi connectivity index (χ3n) is 3.57. The molecule has 1 N–H and O–H groups in total. The summed E-state index contributed by atoms with van der Waals surface area (Å²) in [6.45, 7) is 3.90. The summed E-state index contributed by atoms with van der Waals surface area (Å²) in [4.78, 5) is 23.1. The number of hydrogen-bond donors (Lipinski definition) is 1. The van der Waals surface area contributed by atoms with Crippen molar-refractivity contribution in [1.82, 2.24) is 4.57 Å². The Balaban J connectivity index is 2.88. The molecule has 4 heteroatoms. The summed E-state index contributed by atoms with van der Waals surface area (Å²) in [5, 5.41) is 9.71. The molecule has 0 saturated carbocycles. The van der Waals surface area contributed by atoms with Crippen LogP contribution in [0.2, 0.25) is 0 Å². The molecule has 104 valence electrons. The van der Waals surface area contributed by atoms with Crippen LogP contribution in [0, 0.1) is 6.92 Å². The molecule has 1 aromatic carbocycles. The average Bonchev–Trinajstić information content (AvgIpc) is 2.43. The summed E-state index contributed by atoms with van der Waals surface area (Å²) in [7, 11) is 1.72. The lowest BCUT2D eigenvalue weighted by atomic mass is 10.00. The van der Waals surface area contributed by atoms with E-state index in [1.165, 1.54) is 6.08 Å². The standard InChI is InChI=1S/C16H17NO3/c1-4-11-6-5-7-12-10(2)13(8-9-14(18)19)16(20)17(3)15(11)12/h5-9H,4H2,1-3H3,(H,18,19)/b9-8+. The topological polar surface area (TPSA) is 59.3 Å². The van der Waals surface area contributed by atoms with Gasteiger partial charge in [0.05, 0.1) is 5.52 Å². The highest BCUT2D eigenvalue weighted by atomic mass is 16.4. The number of rotatable bonds is 3. The van der Waals surface area contributed by atoms with Gasteiger partial charge in [0.1, 0.15) is 0 Å². The van der Waals surface area contributed by atoms with E-state index in [2.05, 4.69) is 0 Å². The molecule has 0 fully saturated rings. The lowest BCUT2D eigenvalue weighted by Crippen LogP contribution is -2.22. The van der Waals surface area contributed by atoms with Crippen LogP contribution in [0.5, 0.6) is 0 Å². The molecule has 0 radical (unpaired) electrons. The van der Waals surface area contributed by atoms with Crippen LogP contribution in [0.15, 0.2) is 29.1 Å². The van der Waals surface area contributed by atoms with Crippen molar-refractivity contribution >= 4 is 22.9 Å². The highest BCUT2D eigenvalue weighted by molar-refractivity contribution is 5.90. The quantitative estimate of drug-likeness (QED) is 0.873. The van der Waals surface area contributed by atoms with Crippen LogP contribution in [0.3, 0.4) is 0 Å². The van der Waals surface area contributed by atoms with Gasteiger partial charge in [-0.05, 0) is 30.5 Å². The van der Waals surface area contributed by atoms with Gasteiger partial charge in [0.25, 0.3) is 5.56 Å². The van der Waals surface area contributed by atoms with E-state index in [1.807, 2.05) is 32.0 Å². The van der Waals surface area contributed by atoms with Crippen molar-refractivity contribution in [1.29, 1.82) is 0 Å². The molecule has 0 aliphatic carbocycles. The Morgan fingerprint density at radius 1 is 1.40 bits per heavy atom. The van der Waals surface area contributed by atoms with E-state index in [9.17, 15) is 9.59 Å². The minimum Gasteiger partial charge on any atom is -0.478 e. The second-order valence-electron chi connectivity index (χ2n) is 4.74. The zero-order valence-electron chi connectivity index (χ0n) is 11.8. The van der Waals surface area contributed by atoms with E-state index >= 15 is 0 Å². The molecule has 1 aromatic heterocycles. The fourth-order valence-electron chi connectivity index (χ4n) is 2.51. The first-order valence-electron chi connectivity index (χ1n) is 6.49. The Morgan fingerprint density at radius 3 is 2.70 bits per heavy atom. The maximum Gasteiger partial charge on any atom is 0.328 e. The van der Waals surface area contributed by atoms with Gasteiger partial charge in [-0.1, -0.05) is 25.1 Å². The van der Waals surface area contributed by atoms with Crippen molar-refractivity contribution < 1.29 is 9.90 Å². The normalized spacial score (nSPS) is 11.3. The molecule has 0 saturated heterocycles. The van der Waals surface area contributed by atoms with Gasteiger partial charge >= 0.3 is 5.97 Å². The van der Waals surface area contributed by atoms with Gasteiger partial charge in [0.2, 0.25) is 0 Å². The number of aliphatic carboxylic acids is 1. The Hall–Kier alpha value is -2.36. The van der Waals surface area contributed by atoms with E-state index in [0.29, 0.717) is 5.56 Å². The SMILES string of the molecule is CCc1cccc2c(C)c(/C=C/C(=O)O)c(=O)n(C)c12. The molecular formula is C16H17NO3. The van der Waals surface area contributed by atoms with Crippen LogP contribution >= 0.6 is 0 Å². The largest absolute Gasteiger partial charge is 0.478 e. The number of benzene rings is 1. The number of carbonyl (C=O) groups is 1. The van der Waals surface area contributed by atoms with Gasteiger partial charge in [0, 0.05) is 24.1 Å². The second kappa shape index (κ2) is 5.33. The number of carboxylic acids is 1. The zero-order chi connectivity index (χ0) is 14.9. The number of nitrogens with zero attached hydrogens (tertiary/aromatic N) is 1. The summed E-state index contributed by atoms with van der Waals surface area (Å²) < 4.78 is 1.60. The van der Waals surface area contributed by atoms with Crippen molar-refractivity contribution in [3.63, 3.8) is 0 Å². The number of hydrogen-bond acceptors (Lipinski definition) is 2. The lowest BCUT2D eigenvalue weighted by molar-refractivity contribution is -0.131. The molecule has 2 rings (SSSR count). The fourth-order valence-corrected chi connectivity index (χ4v) is 2.51. The van der Waals surface area contributed by atoms with Gasteiger partial charge in [-0.3, -0.25) is 4.79 Å². The van der Waals surface area contributed by atoms with Crippen LogP contribution in [0.4, 0.5) is 0 Å². The average molecular weight is 271 g/mol. The number of aromatic nitrogens is 1. The first-order valence-corrected chi connectivity index (χ1v) is 6.49. The Morgan fingerprint density at radius 2 is 2.10 bits per heavy atom. The summed E-state index contributed by atoms with van der Waals surface area (Å²) in [6, 6.07) is 5.93. The number of fused-ring (bicyclic) bond motifs is 1. The van der Waals surface area contributed by atoms with Crippen LogP contribution in [0.1, 0.15) is 23.6 Å². The molecular weight excluding hydrogens is 254 g/mol. The minimum atomic E-state index is -1.06. The highest BCUT2D eigenvalue weighted by Crippen LogP contribution is 2.23. The van der Waals surface area contributed by atoms with Crippen LogP contribution < -0.4 is 5.56 Å². The summed E-state index contributed by atoms with van der Waals surface area (Å²) >= 11 is 0. The third kappa shape index (κ3) is 2.25. The van der Waals surface area contributed by atoms with E-state index in [1.54, 1.807) is 11.6 Å². The first-order chi connectivity index (χ1) is 9.47. The molecule has 0 atom stereocenters. The molecule has 0 unspecified atom stereocenters. The molecule has 0 spiro atoms. The lowest BCUT2D eigenvalue weighted by Gasteiger charge is -2.14. The number of para-hydroxylation sites is 1. The van der Waals surface area contributed by atoms with Gasteiger partial charge in [-0.2, -0.15) is 0 Å². The predicted octanol–water partition coefficient (Wildman–Crippen LogP) is 2.51. The maximum atomic E-state index is 12.4. The fraction of sp³-hybridized carbons (Fsp3) is 0.250. The smallest absolute Gasteiger partial charge is 0.328 e. The number of aryl methyl sites for hydroxylation is 3. The highest BCUT2D eigenvalue weighted by Gasteiger charge is 2.12. The van der Waals surface area contributed by atoms with Crippen molar-refractivity contribution in [2.75, 3.05) is 0 Å². The monoisotopic (exact) mass is 271 g/mol. The predicted molar refractivity (Wildman–Crippen MR) is 80.0 cm³/mol. The first kappa shape index (κ1) is 14.1. The number of pyridine rings is 1. The van der Waals surface area contributed by atoms with Crippen molar-refractivity contribution in [2.24, 2.45) is 7.05 Å². The summed E-state index contributed by atoms with van der Waals surface area (Å²) in [6.07, 6.45) is 3.21. The van der Waals surface area contributed by atoms with Crippen molar-refractivity contribution in [2.45, 2.75) is 20.3 Å². The summed E-state index contributed by atoms with van der Waals surface area (Å²) in [5.41, 5.74) is 3.10. The van der Waals surface area contributed by atoms with Crippen molar-refractivity contribution in [3.05, 3.63) is 51.3 Å². The Kier molecular flexibility index (Phi) is 3.74. The Labute approximate surface area is 117 Å². The second-order valence-corrected chi connectivity index (χ2v) is 4.74. The molecule has 2 aromatic rings. The zero-order valence-corrected chi connectivity index (χ0v) is 11.8. The van der Waals surface area contributed by atoms with E-state index in [4.69, 9.17) is 5.11 Å². The van der Waals surface area contributed by atoms with E-state index < -0.39 is 5.97 Å². The molecule has 0 amide bonds. The van der Waals surface area contributed by atoms with Gasteiger partial charge in [0.15, 0.2) is 0 Å². The molecule has 20 heavy (non-hydrogen) atoms. The third-order valence-corrected chi connectivity index (χ3v) is 3.57. The molecule has 0 aliphatic heterocycles. The Bertz CT molecular complexity index is 769. The van der Waals surface area contributed by atoms with E-state index in [0.717, 1.165) is 34.5 Å². The van der Waals surface area contributed by atoms with Crippen LogP contribution in [-0.2, 0) is 18.3 Å². The molecule has 0 aliphatic rings. The maximum absolute atomic E-state index is 12.4. The summed E-state index contributed by atoms with van der Waals surface area (Å²) in [5.74, 6) is -1.06. The van der Waals surface area contributed by atoms with Crippen LogP contribution in [-0.4, -0.2) is 15.6 Å². The number of carboxylic acid groups (broad SMARTS) is 1. The van der Waals surface area contributed by atoms with Gasteiger partial charge in [-0.25, -0.2) is 4.79 Å². The van der Waals surface area contributed by atoms with E-state index in [-0.39, 0.29) is 5.56 Å². The molecule has 4 nitrogen and oxygen atoms in total. The van der Waals surface area contributed by atoms with Gasteiger partial charge < -0.3 is 9.67 Å².